The van der Waals surface area contributed by atoms with Gasteiger partial charge in [0, 0.05) is 48.3 Å². The van der Waals surface area contributed by atoms with E-state index in [9.17, 15) is 9.59 Å². The first kappa shape index (κ1) is 22.6. The maximum Gasteiger partial charge on any atom is 0.242 e. The summed E-state index contributed by atoms with van der Waals surface area (Å²) in [6, 6.07) is 28.4. The second-order valence-electron chi connectivity index (χ2n) is 8.61. The van der Waals surface area contributed by atoms with Gasteiger partial charge in [-0.3, -0.25) is 14.5 Å². The van der Waals surface area contributed by atoms with E-state index >= 15 is 0 Å². The molecule has 5 rings (SSSR count). The number of nitrogens with zero attached hydrogens (tertiary/aromatic N) is 3. The normalized spacial score (nSPS) is 14.6. The van der Waals surface area contributed by atoms with E-state index in [2.05, 4.69) is 69.4 Å². The monoisotopic (exact) mass is 515 g/mol. The molecule has 1 aromatic heterocycles. The predicted octanol–water partition coefficient (Wildman–Crippen LogP) is 4.70. The lowest BCUT2D eigenvalue weighted by Gasteiger charge is -2.40. The van der Waals surface area contributed by atoms with Crippen LogP contribution in [-0.4, -0.2) is 46.5 Å². The smallest absolute Gasteiger partial charge is 0.242 e. The fraction of sp³-hybridized carbons (Fsp3) is 0.214. The van der Waals surface area contributed by atoms with Gasteiger partial charge in [0.15, 0.2) is 5.43 Å². The van der Waals surface area contributed by atoms with Gasteiger partial charge in [-0.15, -0.1) is 0 Å². The second kappa shape index (κ2) is 9.95. The Morgan fingerprint density at radius 2 is 1.44 bits per heavy atom. The van der Waals surface area contributed by atoms with Gasteiger partial charge in [-0.2, -0.15) is 0 Å². The summed E-state index contributed by atoms with van der Waals surface area (Å²) in [7, 11) is 0. The summed E-state index contributed by atoms with van der Waals surface area (Å²) in [5.41, 5.74) is 3.26. The molecule has 0 radical (unpaired) electrons. The number of rotatable bonds is 5. The van der Waals surface area contributed by atoms with Gasteiger partial charge in [-0.05, 0) is 29.3 Å². The topological polar surface area (TPSA) is 45.6 Å². The van der Waals surface area contributed by atoms with Gasteiger partial charge >= 0.3 is 0 Å². The van der Waals surface area contributed by atoms with E-state index in [1.54, 1.807) is 6.20 Å². The van der Waals surface area contributed by atoms with Crippen LogP contribution in [0.15, 0.2) is 100 Å². The molecule has 34 heavy (non-hydrogen) atoms. The van der Waals surface area contributed by atoms with E-state index in [1.165, 1.54) is 17.2 Å². The number of fused-ring (bicyclic) bond motifs is 1. The van der Waals surface area contributed by atoms with Crippen molar-refractivity contribution >= 4 is 32.7 Å². The van der Waals surface area contributed by atoms with Crippen LogP contribution in [0.4, 0.5) is 0 Å². The summed E-state index contributed by atoms with van der Waals surface area (Å²) in [6.45, 7) is 3.19. The van der Waals surface area contributed by atoms with Crippen LogP contribution >= 0.6 is 15.9 Å². The molecule has 6 heteroatoms. The summed E-state index contributed by atoms with van der Waals surface area (Å²) in [6.07, 6.45) is 1.72. The van der Waals surface area contributed by atoms with Crippen molar-refractivity contribution in [3.05, 3.63) is 117 Å². The maximum absolute atomic E-state index is 13.2. The summed E-state index contributed by atoms with van der Waals surface area (Å²) in [4.78, 5) is 29.8. The van der Waals surface area contributed by atoms with Crippen LogP contribution in [0.3, 0.4) is 0 Å². The number of halogens is 1. The predicted molar refractivity (Wildman–Crippen MR) is 139 cm³/mol. The Labute approximate surface area is 207 Å². The molecule has 4 aromatic rings. The van der Waals surface area contributed by atoms with E-state index in [-0.39, 0.29) is 23.9 Å². The minimum Gasteiger partial charge on any atom is -0.339 e. The van der Waals surface area contributed by atoms with Crippen LogP contribution < -0.4 is 5.43 Å². The van der Waals surface area contributed by atoms with Crippen LogP contribution in [0.25, 0.3) is 10.9 Å². The first-order valence-electron chi connectivity index (χ1n) is 11.5. The molecule has 0 N–H and O–H groups in total. The molecule has 2 heterocycles. The Bertz CT molecular complexity index is 1310. The number of piperazine rings is 1. The number of hydrogen-bond donors (Lipinski definition) is 0. The first-order valence-corrected chi connectivity index (χ1v) is 12.3. The van der Waals surface area contributed by atoms with E-state index in [1.807, 2.05) is 39.8 Å². The molecule has 0 spiro atoms. The fourth-order valence-corrected chi connectivity index (χ4v) is 5.14. The molecule has 1 aliphatic rings. The number of carbonyl (C=O) groups is 1. The zero-order valence-corrected chi connectivity index (χ0v) is 20.4. The summed E-state index contributed by atoms with van der Waals surface area (Å²) in [5.74, 6) is 0.0727. The van der Waals surface area contributed by atoms with Gasteiger partial charge in [0.1, 0.15) is 6.54 Å². The van der Waals surface area contributed by atoms with Gasteiger partial charge in [0.05, 0.1) is 11.6 Å². The van der Waals surface area contributed by atoms with Crippen molar-refractivity contribution in [2.45, 2.75) is 12.6 Å². The summed E-state index contributed by atoms with van der Waals surface area (Å²) < 4.78 is 2.72. The zero-order chi connectivity index (χ0) is 23.5. The maximum atomic E-state index is 13.2. The molecule has 1 amide bonds. The molecular weight excluding hydrogens is 490 g/mol. The third kappa shape index (κ3) is 4.69. The molecule has 0 unspecified atom stereocenters. The Kier molecular flexibility index (Phi) is 6.61. The van der Waals surface area contributed by atoms with E-state index in [0.29, 0.717) is 18.5 Å². The van der Waals surface area contributed by atoms with Crippen molar-refractivity contribution in [1.29, 1.82) is 0 Å². The number of amides is 1. The molecule has 0 bridgehead atoms. The number of pyridine rings is 1. The average molecular weight is 516 g/mol. The average Bonchev–Trinajstić information content (AvgIpc) is 2.88. The Morgan fingerprint density at radius 1 is 0.824 bits per heavy atom. The van der Waals surface area contributed by atoms with Crippen LogP contribution in [0.1, 0.15) is 17.2 Å². The number of aromatic nitrogens is 1. The van der Waals surface area contributed by atoms with Crippen molar-refractivity contribution in [3.8, 4) is 0 Å². The van der Waals surface area contributed by atoms with E-state index in [0.717, 1.165) is 23.1 Å². The number of hydrogen-bond acceptors (Lipinski definition) is 3. The Balaban J connectivity index is 1.31. The molecule has 0 saturated carbocycles. The van der Waals surface area contributed by atoms with Crippen LogP contribution in [0, 0.1) is 0 Å². The van der Waals surface area contributed by atoms with Gasteiger partial charge < -0.3 is 9.47 Å². The van der Waals surface area contributed by atoms with Crippen LogP contribution in [0.2, 0.25) is 0 Å². The van der Waals surface area contributed by atoms with Crippen LogP contribution in [0.5, 0.6) is 0 Å². The lowest BCUT2D eigenvalue weighted by atomic mass is 9.96. The molecular formula is C28H26BrN3O2. The first-order chi connectivity index (χ1) is 16.6. The highest BCUT2D eigenvalue weighted by Crippen LogP contribution is 2.29. The lowest BCUT2D eigenvalue weighted by molar-refractivity contribution is -0.133. The van der Waals surface area contributed by atoms with Crippen molar-refractivity contribution in [3.63, 3.8) is 0 Å². The standard InChI is InChI=1S/C28H26BrN3O2/c29-23-11-12-25-24(19-23)26(33)13-14-32(25)20-27(34)30-15-17-31(18-16-30)28(21-7-3-1-4-8-21)22-9-5-2-6-10-22/h1-14,19,28H,15-18,20H2. The summed E-state index contributed by atoms with van der Waals surface area (Å²) in [5, 5.41) is 0.614. The fourth-order valence-electron chi connectivity index (χ4n) is 4.78. The van der Waals surface area contributed by atoms with Crippen LogP contribution in [-0.2, 0) is 11.3 Å². The molecule has 5 nitrogen and oxygen atoms in total. The summed E-state index contributed by atoms with van der Waals surface area (Å²) >= 11 is 3.43. The lowest BCUT2D eigenvalue weighted by Crippen LogP contribution is -2.50. The molecule has 1 aliphatic heterocycles. The number of benzene rings is 3. The third-order valence-electron chi connectivity index (χ3n) is 6.51. The SMILES string of the molecule is O=C(Cn1ccc(=O)c2cc(Br)ccc21)N1CCN(C(c2ccccc2)c2ccccc2)CC1. The second-order valence-corrected chi connectivity index (χ2v) is 9.53. The molecule has 1 fully saturated rings. The highest BCUT2D eigenvalue weighted by Gasteiger charge is 2.28. The Morgan fingerprint density at radius 3 is 2.06 bits per heavy atom. The Hall–Kier alpha value is -3.22. The largest absolute Gasteiger partial charge is 0.339 e. The minimum absolute atomic E-state index is 0.0403. The van der Waals surface area contributed by atoms with E-state index < -0.39 is 0 Å². The van der Waals surface area contributed by atoms with Gasteiger partial charge in [-0.25, -0.2) is 0 Å². The molecule has 172 valence electrons. The van der Waals surface area contributed by atoms with Gasteiger partial charge in [0.25, 0.3) is 0 Å². The molecule has 0 atom stereocenters. The van der Waals surface area contributed by atoms with Crippen molar-refractivity contribution in [2.75, 3.05) is 26.2 Å². The van der Waals surface area contributed by atoms with Crippen molar-refractivity contribution in [1.82, 2.24) is 14.4 Å². The quantitative estimate of drug-likeness (QED) is 0.387. The van der Waals surface area contributed by atoms with Crippen molar-refractivity contribution < 1.29 is 4.79 Å². The zero-order valence-electron chi connectivity index (χ0n) is 18.8. The van der Waals surface area contributed by atoms with Crippen molar-refractivity contribution in [2.24, 2.45) is 0 Å². The van der Waals surface area contributed by atoms with E-state index in [4.69, 9.17) is 0 Å². The van der Waals surface area contributed by atoms with Gasteiger partial charge in [-0.1, -0.05) is 76.6 Å². The highest BCUT2D eigenvalue weighted by atomic mass is 79.9. The highest BCUT2D eigenvalue weighted by molar-refractivity contribution is 9.10. The minimum atomic E-state index is -0.0403. The molecule has 3 aromatic carbocycles. The van der Waals surface area contributed by atoms with Gasteiger partial charge in [0.2, 0.25) is 5.91 Å². The molecule has 1 saturated heterocycles. The molecule has 0 aliphatic carbocycles. The third-order valence-corrected chi connectivity index (χ3v) is 7.00. The number of carbonyl (C=O) groups excluding carboxylic acids is 1.